The van der Waals surface area contributed by atoms with Gasteiger partial charge in [0, 0.05) is 17.6 Å². The molecule has 0 saturated heterocycles. The number of aryl methyl sites for hydroxylation is 1. The van der Waals surface area contributed by atoms with E-state index < -0.39 is 28.5 Å². The molecule has 43 heavy (non-hydrogen) atoms. The van der Waals surface area contributed by atoms with Gasteiger partial charge in [0.05, 0.1) is 17.7 Å². The molecule has 2 amide bonds. The third-order valence-corrected chi connectivity index (χ3v) is 9.91. The van der Waals surface area contributed by atoms with Crippen LogP contribution in [0.15, 0.2) is 77.7 Å². The van der Waals surface area contributed by atoms with Gasteiger partial charge in [-0.15, -0.1) is 0 Å². The molecule has 1 N–H and O–H groups in total. The fourth-order valence-electron chi connectivity index (χ4n) is 5.48. The zero-order chi connectivity index (χ0) is 31.0. The number of halogens is 1. The molecular weight excluding hydrogens is 586 g/mol. The van der Waals surface area contributed by atoms with Crippen molar-refractivity contribution < 1.29 is 22.7 Å². The molecule has 0 aromatic heterocycles. The van der Waals surface area contributed by atoms with Gasteiger partial charge in [-0.3, -0.25) is 13.9 Å². The standard InChI is InChI=1S/C33H40ClN3O5S/c1-4-30(33(39)35-27-11-7-5-8-12-27)36(22-25-16-19-28(42-3)20-17-25)32(38)23-37(31-21-26(34)18-15-24(31)2)43(40,41)29-13-9-6-10-14-29/h6,9-10,13-21,27,30H,4-5,7-8,11-12,22-23H2,1-3H3,(H,35,39)/t30-/m1/s1. The first-order valence-corrected chi connectivity index (χ1v) is 16.5. The van der Waals surface area contributed by atoms with Crippen molar-refractivity contribution in [2.75, 3.05) is 18.0 Å². The SMILES string of the molecule is CC[C@H](C(=O)NC1CCCCC1)N(Cc1ccc(OC)cc1)C(=O)CN(c1cc(Cl)ccc1C)S(=O)(=O)c1ccccc1. The lowest BCUT2D eigenvalue weighted by Gasteiger charge is -2.34. The summed E-state index contributed by atoms with van der Waals surface area (Å²) in [7, 11) is -2.59. The molecule has 0 unspecified atom stereocenters. The van der Waals surface area contributed by atoms with Gasteiger partial charge in [0.25, 0.3) is 10.0 Å². The van der Waals surface area contributed by atoms with Crippen LogP contribution in [0.3, 0.4) is 0 Å². The Labute approximate surface area is 260 Å². The number of carbonyl (C=O) groups is 2. The number of ether oxygens (including phenoxy) is 1. The van der Waals surface area contributed by atoms with E-state index in [2.05, 4.69) is 5.32 Å². The minimum absolute atomic E-state index is 0.0472. The molecule has 8 nitrogen and oxygen atoms in total. The third-order valence-electron chi connectivity index (χ3n) is 7.90. The van der Waals surface area contributed by atoms with Crippen LogP contribution in [0.1, 0.15) is 56.6 Å². The minimum atomic E-state index is -4.17. The maximum absolute atomic E-state index is 14.3. The summed E-state index contributed by atoms with van der Waals surface area (Å²) in [5, 5.41) is 3.51. The number of hydrogen-bond donors (Lipinski definition) is 1. The first kappa shape index (κ1) is 32.4. The fourth-order valence-corrected chi connectivity index (χ4v) is 7.13. The van der Waals surface area contributed by atoms with Crippen LogP contribution in [0.4, 0.5) is 5.69 Å². The highest BCUT2D eigenvalue weighted by Crippen LogP contribution is 2.30. The van der Waals surface area contributed by atoms with Crippen LogP contribution >= 0.6 is 11.6 Å². The topological polar surface area (TPSA) is 96.0 Å². The Bertz CT molecular complexity index is 1490. The summed E-state index contributed by atoms with van der Waals surface area (Å²) in [5.74, 6) is -0.0618. The Morgan fingerprint density at radius 1 is 1.00 bits per heavy atom. The van der Waals surface area contributed by atoms with Gasteiger partial charge in [-0.1, -0.05) is 74.2 Å². The van der Waals surface area contributed by atoms with E-state index in [9.17, 15) is 18.0 Å². The molecule has 0 bridgehead atoms. The van der Waals surface area contributed by atoms with E-state index in [1.54, 1.807) is 62.6 Å². The van der Waals surface area contributed by atoms with Crippen molar-refractivity contribution in [3.63, 3.8) is 0 Å². The normalized spacial score (nSPS) is 14.5. The summed E-state index contributed by atoms with van der Waals surface area (Å²) in [4.78, 5) is 29.5. The van der Waals surface area contributed by atoms with Crippen molar-refractivity contribution in [1.82, 2.24) is 10.2 Å². The number of amides is 2. The summed E-state index contributed by atoms with van der Waals surface area (Å²) in [5.41, 5.74) is 1.73. The highest BCUT2D eigenvalue weighted by molar-refractivity contribution is 7.92. The van der Waals surface area contributed by atoms with Crippen molar-refractivity contribution in [3.05, 3.63) is 88.9 Å². The van der Waals surface area contributed by atoms with Crippen LogP contribution in [0.2, 0.25) is 5.02 Å². The third kappa shape index (κ3) is 8.09. The average molecular weight is 626 g/mol. The summed E-state index contributed by atoms with van der Waals surface area (Å²) in [6, 6.07) is 19.5. The van der Waals surface area contributed by atoms with E-state index in [4.69, 9.17) is 16.3 Å². The zero-order valence-corrected chi connectivity index (χ0v) is 26.5. The Hall–Kier alpha value is -3.56. The number of nitrogens with zero attached hydrogens (tertiary/aromatic N) is 2. The number of carbonyl (C=O) groups excluding carboxylic acids is 2. The van der Waals surface area contributed by atoms with Crippen LogP contribution in [0, 0.1) is 6.92 Å². The predicted molar refractivity (Wildman–Crippen MR) is 170 cm³/mol. The molecule has 0 aliphatic heterocycles. The molecule has 1 atom stereocenters. The average Bonchev–Trinajstić information content (AvgIpc) is 3.02. The van der Waals surface area contributed by atoms with Gasteiger partial charge in [0.15, 0.2) is 0 Å². The first-order valence-electron chi connectivity index (χ1n) is 14.7. The number of rotatable bonds is 12. The molecular formula is C33H40ClN3O5S. The lowest BCUT2D eigenvalue weighted by atomic mass is 9.95. The van der Waals surface area contributed by atoms with Gasteiger partial charge in [0.1, 0.15) is 18.3 Å². The van der Waals surface area contributed by atoms with Crippen molar-refractivity contribution in [2.24, 2.45) is 0 Å². The number of anilines is 1. The number of methoxy groups -OCH3 is 1. The van der Waals surface area contributed by atoms with Crippen molar-refractivity contribution in [3.8, 4) is 5.75 Å². The fraction of sp³-hybridized carbons (Fsp3) is 0.394. The Morgan fingerprint density at radius 3 is 2.30 bits per heavy atom. The molecule has 1 aliphatic carbocycles. The van der Waals surface area contributed by atoms with Crippen molar-refractivity contribution in [1.29, 1.82) is 0 Å². The van der Waals surface area contributed by atoms with Gasteiger partial charge >= 0.3 is 0 Å². The molecule has 4 rings (SSSR count). The van der Waals surface area contributed by atoms with Crippen molar-refractivity contribution >= 4 is 39.1 Å². The van der Waals surface area contributed by atoms with Crippen LogP contribution in [0.5, 0.6) is 5.75 Å². The molecule has 1 fully saturated rings. The number of nitrogens with one attached hydrogen (secondary N) is 1. The monoisotopic (exact) mass is 625 g/mol. The molecule has 1 saturated carbocycles. The van der Waals surface area contributed by atoms with Gasteiger partial charge in [-0.25, -0.2) is 8.42 Å². The van der Waals surface area contributed by atoms with Gasteiger partial charge in [-0.2, -0.15) is 0 Å². The zero-order valence-electron chi connectivity index (χ0n) is 25.0. The van der Waals surface area contributed by atoms with Crippen LogP contribution in [-0.2, 0) is 26.2 Å². The Morgan fingerprint density at radius 2 is 1.67 bits per heavy atom. The molecule has 230 valence electrons. The van der Waals surface area contributed by atoms with Crippen LogP contribution in [-0.4, -0.2) is 50.9 Å². The summed E-state index contributed by atoms with van der Waals surface area (Å²) >= 11 is 6.32. The molecule has 0 heterocycles. The maximum Gasteiger partial charge on any atom is 0.264 e. The Balaban J connectivity index is 1.72. The van der Waals surface area contributed by atoms with Gasteiger partial charge < -0.3 is 15.0 Å². The maximum atomic E-state index is 14.3. The van der Waals surface area contributed by atoms with Crippen LogP contribution < -0.4 is 14.4 Å². The molecule has 1 aliphatic rings. The van der Waals surface area contributed by atoms with Crippen molar-refractivity contribution in [2.45, 2.75) is 75.9 Å². The van der Waals surface area contributed by atoms with E-state index >= 15 is 0 Å². The summed E-state index contributed by atoms with van der Waals surface area (Å²) in [6.07, 6.45) is 5.45. The van der Waals surface area contributed by atoms with Gasteiger partial charge in [0.2, 0.25) is 11.8 Å². The number of hydrogen-bond acceptors (Lipinski definition) is 5. The number of benzene rings is 3. The van der Waals surface area contributed by atoms with Gasteiger partial charge in [-0.05, 0) is 73.7 Å². The van der Waals surface area contributed by atoms with E-state index in [1.165, 1.54) is 17.0 Å². The van der Waals surface area contributed by atoms with Crippen LogP contribution in [0.25, 0.3) is 0 Å². The molecule has 10 heteroatoms. The highest BCUT2D eigenvalue weighted by atomic mass is 35.5. The predicted octanol–water partition coefficient (Wildman–Crippen LogP) is 6.11. The lowest BCUT2D eigenvalue weighted by Crippen LogP contribution is -2.54. The Kier molecular flexibility index (Phi) is 11.1. The smallest absolute Gasteiger partial charge is 0.264 e. The summed E-state index contributed by atoms with van der Waals surface area (Å²) < 4.78 is 34.5. The second kappa shape index (κ2) is 14.8. The number of sulfonamides is 1. The molecule has 0 radical (unpaired) electrons. The van der Waals surface area contributed by atoms with E-state index in [1.807, 2.05) is 19.1 Å². The molecule has 3 aromatic carbocycles. The second-order valence-corrected chi connectivity index (χ2v) is 13.2. The van der Waals surface area contributed by atoms with E-state index in [0.29, 0.717) is 28.4 Å². The summed E-state index contributed by atoms with van der Waals surface area (Å²) in [6.45, 7) is 3.24. The van der Waals surface area contributed by atoms with E-state index in [0.717, 1.165) is 42.0 Å². The quantitative estimate of drug-likeness (QED) is 0.262. The lowest BCUT2D eigenvalue weighted by molar-refractivity contribution is -0.140. The first-order chi connectivity index (χ1) is 20.6. The van der Waals surface area contributed by atoms with E-state index in [-0.39, 0.29) is 23.4 Å². The highest BCUT2D eigenvalue weighted by Gasteiger charge is 2.35. The molecule has 3 aromatic rings. The largest absolute Gasteiger partial charge is 0.497 e. The molecule has 0 spiro atoms. The second-order valence-electron chi connectivity index (χ2n) is 10.9. The minimum Gasteiger partial charge on any atom is -0.497 e.